The van der Waals surface area contributed by atoms with Crippen LogP contribution in [0.4, 0.5) is 22.0 Å². The molecule has 0 aliphatic heterocycles. The van der Waals surface area contributed by atoms with E-state index in [0.717, 1.165) is 38.2 Å². The first-order valence-corrected chi connectivity index (χ1v) is 10.5. The number of hydrogen-bond acceptors (Lipinski definition) is 0. The van der Waals surface area contributed by atoms with Crippen molar-refractivity contribution in [3.05, 3.63) is 71.0 Å². The van der Waals surface area contributed by atoms with Crippen molar-refractivity contribution in [1.82, 2.24) is 0 Å². The quantitative estimate of drug-likeness (QED) is 0.295. The molecule has 0 bridgehead atoms. The third kappa shape index (κ3) is 3.70. The molecule has 0 N–H and O–H groups in total. The summed E-state index contributed by atoms with van der Waals surface area (Å²) in [6, 6.07) is 7.97. The highest BCUT2D eigenvalue weighted by molar-refractivity contribution is 5.88. The molecule has 0 heterocycles. The summed E-state index contributed by atoms with van der Waals surface area (Å²) >= 11 is 0. The fourth-order valence-electron chi connectivity index (χ4n) is 4.75. The second kappa shape index (κ2) is 8.37. The Labute approximate surface area is 172 Å². The first kappa shape index (κ1) is 20.8. The topological polar surface area (TPSA) is 0 Å². The monoisotopic (exact) mass is 418 g/mol. The van der Waals surface area contributed by atoms with Crippen LogP contribution in [0.3, 0.4) is 0 Å². The van der Waals surface area contributed by atoms with Gasteiger partial charge in [-0.1, -0.05) is 44.0 Å². The zero-order valence-electron chi connectivity index (χ0n) is 16.8. The molecular formula is C25H23F5. The minimum atomic E-state index is -1.55. The van der Waals surface area contributed by atoms with Gasteiger partial charge in [0.05, 0.1) is 0 Å². The first-order chi connectivity index (χ1) is 14.4. The lowest BCUT2D eigenvalue weighted by Gasteiger charge is -2.29. The molecule has 1 aliphatic carbocycles. The van der Waals surface area contributed by atoms with Crippen molar-refractivity contribution in [3.63, 3.8) is 0 Å². The number of fused-ring (bicyclic) bond motifs is 1. The Morgan fingerprint density at radius 3 is 2.20 bits per heavy atom. The van der Waals surface area contributed by atoms with E-state index in [4.69, 9.17) is 0 Å². The van der Waals surface area contributed by atoms with Crippen LogP contribution in [-0.4, -0.2) is 0 Å². The first-order valence-electron chi connectivity index (χ1n) is 10.5. The maximum absolute atomic E-state index is 14.9. The predicted molar refractivity (Wildman–Crippen MR) is 109 cm³/mol. The fraction of sp³-hybridized carbons (Fsp3) is 0.360. The molecule has 4 rings (SSSR count). The zero-order chi connectivity index (χ0) is 21.4. The average molecular weight is 418 g/mol. The number of rotatable bonds is 4. The Morgan fingerprint density at radius 1 is 0.767 bits per heavy atom. The maximum atomic E-state index is 14.9. The minimum absolute atomic E-state index is 0.00410. The predicted octanol–water partition coefficient (Wildman–Crippen LogP) is 8.28. The van der Waals surface area contributed by atoms with Gasteiger partial charge in [0.1, 0.15) is 0 Å². The molecule has 5 heteroatoms. The molecule has 1 saturated carbocycles. The maximum Gasteiger partial charge on any atom is 0.195 e. The average Bonchev–Trinajstić information content (AvgIpc) is 2.75. The van der Waals surface area contributed by atoms with Crippen LogP contribution in [0.25, 0.3) is 21.9 Å². The van der Waals surface area contributed by atoms with Crippen LogP contribution in [0.2, 0.25) is 0 Å². The molecule has 1 fully saturated rings. The van der Waals surface area contributed by atoms with E-state index in [2.05, 4.69) is 6.92 Å². The summed E-state index contributed by atoms with van der Waals surface area (Å²) in [5.41, 5.74) is 0.691. The molecule has 30 heavy (non-hydrogen) atoms. The van der Waals surface area contributed by atoms with Crippen LogP contribution in [-0.2, 0) is 0 Å². The van der Waals surface area contributed by atoms with Gasteiger partial charge < -0.3 is 0 Å². The van der Waals surface area contributed by atoms with E-state index in [1.807, 2.05) is 0 Å². The van der Waals surface area contributed by atoms with Crippen LogP contribution >= 0.6 is 0 Å². The van der Waals surface area contributed by atoms with Crippen molar-refractivity contribution in [3.8, 4) is 11.1 Å². The summed E-state index contributed by atoms with van der Waals surface area (Å²) in [5.74, 6) is -5.32. The lowest BCUT2D eigenvalue weighted by Crippen LogP contribution is -2.15. The second-order valence-corrected chi connectivity index (χ2v) is 8.26. The Hall–Kier alpha value is -2.43. The fourth-order valence-corrected chi connectivity index (χ4v) is 4.75. The normalized spacial score (nSPS) is 19.4. The van der Waals surface area contributed by atoms with Gasteiger partial charge in [0.2, 0.25) is 0 Å². The van der Waals surface area contributed by atoms with E-state index in [0.29, 0.717) is 11.5 Å². The molecule has 0 saturated heterocycles. The highest BCUT2D eigenvalue weighted by Gasteiger charge is 2.26. The summed E-state index contributed by atoms with van der Waals surface area (Å²) in [7, 11) is 0. The van der Waals surface area contributed by atoms with Gasteiger partial charge in [-0.2, -0.15) is 0 Å². The van der Waals surface area contributed by atoms with Gasteiger partial charge in [0.15, 0.2) is 29.1 Å². The molecule has 3 aromatic rings. The van der Waals surface area contributed by atoms with Gasteiger partial charge in [0, 0.05) is 10.9 Å². The minimum Gasteiger partial charge on any atom is -0.204 e. The van der Waals surface area contributed by atoms with Gasteiger partial charge in [-0.05, 0) is 66.2 Å². The molecule has 0 atom stereocenters. The van der Waals surface area contributed by atoms with Crippen LogP contribution in [0.5, 0.6) is 0 Å². The molecule has 0 radical (unpaired) electrons. The van der Waals surface area contributed by atoms with Crippen LogP contribution in [0.1, 0.15) is 56.9 Å². The SMILES string of the molecule is CCCC1CCC(c2ccc(-c3ccc4c(F)c(F)c(F)cc4c3)c(F)c2F)CC1. The van der Waals surface area contributed by atoms with Gasteiger partial charge in [-0.3, -0.25) is 0 Å². The summed E-state index contributed by atoms with van der Waals surface area (Å²) in [6.07, 6.45) is 6.06. The van der Waals surface area contributed by atoms with Crippen molar-refractivity contribution >= 4 is 10.8 Å². The van der Waals surface area contributed by atoms with Crippen molar-refractivity contribution in [2.75, 3.05) is 0 Å². The van der Waals surface area contributed by atoms with E-state index in [1.165, 1.54) is 30.7 Å². The standard InChI is InChI=1S/C25H23F5/c1-2-3-14-4-6-15(7-5-14)18-10-11-19(23(28)22(18)27)16-8-9-20-17(12-16)13-21(26)25(30)24(20)29/h8-15H,2-7H2,1H3. The summed E-state index contributed by atoms with van der Waals surface area (Å²) in [4.78, 5) is 0. The Bertz CT molecular complexity index is 1080. The van der Waals surface area contributed by atoms with Gasteiger partial charge in [-0.15, -0.1) is 0 Å². The smallest absolute Gasteiger partial charge is 0.195 e. The van der Waals surface area contributed by atoms with Crippen LogP contribution < -0.4 is 0 Å². The molecule has 0 unspecified atom stereocenters. The van der Waals surface area contributed by atoms with E-state index in [9.17, 15) is 22.0 Å². The molecule has 3 aromatic carbocycles. The van der Waals surface area contributed by atoms with Crippen LogP contribution in [0, 0.1) is 35.0 Å². The molecule has 0 nitrogen and oxygen atoms in total. The molecular weight excluding hydrogens is 395 g/mol. The molecule has 0 spiro atoms. The van der Waals surface area contributed by atoms with Crippen LogP contribution in [0.15, 0.2) is 36.4 Å². The number of halogens is 5. The Kier molecular flexibility index (Phi) is 5.81. The number of benzene rings is 3. The number of hydrogen-bond donors (Lipinski definition) is 0. The molecule has 158 valence electrons. The lowest BCUT2D eigenvalue weighted by molar-refractivity contribution is 0.303. The van der Waals surface area contributed by atoms with E-state index in [1.54, 1.807) is 6.07 Å². The second-order valence-electron chi connectivity index (χ2n) is 8.26. The van der Waals surface area contributed by atoms with E-state index in [-0.39, 0.29) is 27.8 Å². The Morgan fingerprint density at radius 2 is 1.50 bits per heavy atom. The van der Waals surface area contributed by atoms with Crippen molar-refractivity contribution in [1.29, 1.82) is 0 Å². The van der Waals surface area contributed by atoms with E-state index < -0.39 is 29.1 Å². The van der Waals surface area contributed by atoms with Crippen molar-refractivity contribution in [2.24, 2.45) is 5.92 Å². The molecule has 0 aromatic heterocycles. The lowest BCUT2D eigenvalue weighted by atomic mass is 9.77. The van der Waals surface area contributed by atoms with Gasteiger partial charge >= 0.3 is 0 Å². The Balaban J connectivity index is 1.66. The highest BCUT2D eigenvalue weighted by atomic mass is 19.2. The van der Waals surface area contributed by atoms with Gasteiger partial charge in [-0.25, -0.2) is 22.0 Å². The molecule has 0 amide bonds. The van der Waals surface area contributed by atoms with E-state index >= 15 is 0 Å². The highest BCUT2D eigenvalue weighted by Crippen LogP contribution is 2.40. The summed E-state index contributed by atoms with van der Waals surface area (Å²) in [6.45, 7) is 2.16. The summed E-state index contributed by atoms with van der Waals surface area (Å²) in [5, 5.41) is -0.0268. The summed E-state index contributed by atoms with van der Waals surface area (Å²) < 4.78 is 70.8. The van der Waals surface area contributed by atoms with Crippen molar-refractivity contribution < 1.29 is 22.0 Å². The van der Waals surface area contributed by atoms with Crippen molar-refractivity contribution in [2.45, 2.75) is 51.4 Å². The van der Waals surface area contributed by atoms with Gasteiger partial charge in [0.25, 0.3) is 0 Å². The molecule has 1 aliphatic rings. The largest absolute Gasteiger partial charge is 0.204 e. The zero-order valence-corrected chi connectivity index (χ0v) is 16.8. The third-order valence-corrected chi connectivity index (χ3v) is 6.38. The third-order valence-electron chi connectivity index (χ3n) is 6.38.